The summed E-state index contributed by atoms with van der Waals surface area (Å²) in [5.74, 6) is -0.960. The van der Waals surface area contributed by atoms with Crippen LogP contribution in [0.5, 0.6) is 0 Å². The maximum Gasteiger partial charge on any atom is 0.306 e. The van der Waals surface area contributed by atoms with E-state index in [1.54, 1.807) is 0 Å². The second kappa shape index (κ2) is 69.6. The van der Waals surface area contributed by atoms with Crippen molar-refractivity contribution >= 4 is 17.9 Å². The zero-order valence-electron chi connectivity index (χ0n) is 54.0. The zero-order valence-corrected chi connectivity index (χ0v) is 54.0. The fraction of sp³-hybridized carbons (Fsp3) is 0.724. The van der Waals surface area contributed by atoms with Gasteiger partial charge in [0, 0.05) is 19.3 Å². The van der Waals surface area contributed by atoms with Crippen LogP contribution in [-0.2, 0) is 28.6 Å². The zero-order chi connectivity index (χ0) is 59.2. The van der Waals surface area contributed by atoms with Crippen molar-refractivity contribution in [2.75, 3.05) is 13.2 Å². The van der Waals surface area contributed by atoms with Gasteiger partial charge in [-0.1, -0.05) is 323 Å². The van der Waals surface area contributed by atoms with Crippen LogP contribution in [0.15, 0.2) is 109 Å². The number of hydrogen-bond donors (Lipinski definition) is 0. The average molecular weight is 1140 g/mol. The molecule has 0 aliphatic carbocycles. The summed E-state index contributed by atoms with van der Waals surface area (Å²) in [6.07, 6.45) is 96.1. The number of hydrogen-bond acceptors (Lipinski definition) is 6. The van der Waals surface area contributed by atoms with Crippen molar-refractivity contribution in [1.29, 1.82) is 0 Å². The van der Waals surface area contributed by atoms with E-state index >= 15 is 0 Å². The summed E-state index contributed by atoms with van der Waals surface area (Å²) < 4.78 is 16.8. The van der Waals surface area contributed by atoms with E-state index in [4.69, 9.17) is 14.2 Å². The van der Waals surface area contributed by atoms with Crippen molar-refractivity contribution in [3.63, 3.8) is 0 Å². The van der Waals surface area contributed by atoms with Crippen molar-refractivity contribution in [3.8, 4) is 0 Å². The van der Waals surface area contributed by atoms with Crippen LogP contribution in [0.25, 0.3) is 0 Å². The van der Waals surface area contributed by atoms with Crippen molar-refractivity contribution in [1.82, 2.24) is 0 Å². The smallest absolute Gasteiger partial charge is 0.306 e. The van der Waals surface area contributed by atoms with E-state index in [9.17, 15) is 14.4 Å². The third-order valence-corrected chi connectivity index (χ3v) is 15.0. The molecule has 0 N–H and O–H groups in total. The molecular weight excluding hydrogens is 1010 g/mol. The molecule has 1 unspecified atom stereocenters. The quantitative estimate of drug-likeness (QED) is 0.0261. The van der Waals surface area contributed by atoms with Crippen molar-refractivity contribution in [2.45, 2.75) is 341 Å². The molecule has 0 aliphatic heterocycles. The Morgan fingerprint density at radius 2 is 0.488 bits per heavy atom. The molecule has 0 aromatic heterocycles. The summed E-state index contributed by atoms with van der Waals surface area (Å²) in [5.41, 5.74) is 0. The molecular formula is C76H130O6. The lowest BCUT2D eigenvalue weighted by Crippen LogP contribution is -2.30. The van der Waals surface area contributed by atoms with Gasteiger partial charge in [0.05, 0.1) is 0 Å². The van der Waals surface area contributed by atoms with Gasteiger partial charge in [-0.25, -0.2) is 0 Å². The normalized spacial score (nSPS) is 12.8. The van der Waals surface area contributed by atoms with Crippen LogP contribution < -0.4 is 0 Å². The molecule has 82 heavy (non-hydrogen) atoms. The van der Waals surface area contributed by atoms with Gasteiger partial charge in [-0.05, 0) is 103 Å². The fourth-order valence-corrected chi connectivity index (χ4v) is 9.82. The SMILES string of the molecule is CC/C=C\C/C=C\C/C=C\C/C=C\C/C=C\C/C=C\C/C=C\CCCC(=O)OC(COC(=O)CCCCCCCC)COC(=O)CCCCCCCCCCCCCCCCCCCCCCCCC/C=C\C/C=C\CCCCCCC. The molecule has 6 nitrogen and oxygen atoms in total. The lowest BCUT2D eigenvalue weighted by molar-refractivity contribution is -0.167. The molecule has 0 amide bonds. The lowest BCUT2D eigenvalue weighted by atomic mass is 10.0. The molecule has 0 bridgehead atoms. The summed E-state index contributed by atoms with van der Waals surface area (Å²) in [6, 6.07) is 0. The second-order valence-corrected chi connectivity index (χ2v) is 23.1. The molecule has 0 aromatic carbocycles. The number of rotatable bonds is 63. The van der Waals surface area contributed by atoms with E-state index in [0.717, 1.165) is 96.3 Å². The van der Waals surface area contributed by atoms with E-state index in [1.165, 1.54) is 193 Å². The van der Waals surface area contributed by atoms with Crippen LogP contribution in [0.4, 0.5) is 0 Å². The summed E-state index contributed by atoms with van der Waals surface area (Å²) in [5, 5.41) is 0. The average Bonchev–Trinajstić information content (AvgIpc) is 3.47. The van der Waals surface area contributed by atoms with Gasteiger partial charge in [0.15, 0.2) is 6.10 Å². The van der Waals surface area contributed by atoms with Crippen LogP contribution in [0.2, 0.25) is 0 Å². The monoisotopic (exact) mass is 1140 g/mol. The first-order chi connectivity index (χ1) is 40.5. The Hall–Kier alpha value is -3.93. The molecule has 0 heterocycles. The second-order valence-electron chi connectivity index (χ2n) is 23.1. The minimum atomic E-state index is -0.806. The summed E-state index contributed by atoms with van der Waals surface area (Å²) >= 11 is 0. The predicted octanol–water partition coefficient (Wildman–Crippen LogP) is 24.2. The van der Waals surface area contributed by atoms with Crippen LogP contribution in [-0.4, -0.2) is 37.2 Å². The van der Waals surface area contributed by atoms with E-state index in [2.05, 4.69) is 130 Å². The van der Waals surface area contributed by atoms with Gasteiger partial charge in [-0.3, -0.25) is 14.4 Å². The highest BCUT2D eigenvalue weighted by molar-refractivity contribution is 5.71. The molecule has 470 valence electrons. The van der Waals surface area contributed by atoms with Crippen molar-refractivity contribution < 1.29 is 28.6 Å². The molecule has 0 spiro atoms. The Morgan fingerprint density at radius 3 is 0.780 bits per heavy atom. The number of unbranched alkanes of at least 4 members (excludes halogenated alkanes) is 34. The summed E-state index contributed by atoms with van der Waals surface area (Å²) in [6.45, 7) is 6.43. The first-order valence-corrected chi connectivity index (χ1v) is 34.9. The maximum absolute atomic E-state index is 12.8. The standard InChI is InChI=1S/C76H130O6/c1-4-7-10-13-16-18-20-22-24-26-28-30-32-33-34-35-36-37-38-39-40-41-42-43-45-46-48-50-52-54-56-58-60-63-66-69-75(78)81-72-73(71-80-74(77)68-65-62-15-12-9-6-3)82-76(79)70-67-64-61-59-57-55-53-51-49-47-44-31-29-27-25-23-21-19-17-14-11-8-5-2/h8,11,17,19-20,22-23,25-26,28-29,31,47,49,53,55,59,61,73H,4-7,9-10,12-16,18,21,24,27,30,32-46,48,50-52,54,56-58,60,62-72H2,1-3H3/b11-8-,19-17-,22-20-,25-23-,28-26-,31-29-,49-47-,55-53-,61-59-. The molecule has 0 saturated carbocycles. The van der Waals surface area contributed by atoms with Crippen molar-refractivity contribution in [2.24, 2.45) is 0 Å². The molecule has 0 rings (SSSR count). The van der Waals surface area contributed by atoms with E-state index < -0.39 is 6.10 Å². The number of carbonyl (C=O) groups is 3. The Kier molecular flexibility index (Phi) is 66.2. The van der Waals surface area contributed by atoms with Gasteiger partial charge in [-0.2, -0.15) is 0 Å². The highest BCUT2D eigenvalue weighted by atomic mass is 16.6. The number of esters is 3. The van der Waals surface area contributed by atoms with Gasteiger partial charge < -0.3 is 14.2 Å². The minimum absolute atomic E-state index is 0.0989. The first kappa shape index (κ1) is 78.1. The highest BCUT2D eigenvalue weighted by Gasteiger charge is 2.19. The molecule has 1 atom stereocenters. The first-order valence-electron chi connectivity index (χ1n) is 34.9. The van der Waals surface area contributed by atoms with Crippen LogP contribution in [0.1, 0.15) is 335 Å². The van der Waals surface area contributed by atoms with Crippen molar-refractivity contribution in [3.05, 3.63) is 109 Å². The Balaban J connectivity index is 4.03. The van der Waals surface area contributed by atoms with Crippen LogP contribution in [0, 0.1) is 0 Å². The van der Waals surface area contributed by atoms with E-state index in [1.807, 2.05) is 0 Å². The third-order valence-electron chi connectivity index (χ3n) is 15.0. The Bertz CT molecular complexity index is 1640. The Morgan fingerprint density at radius 1 is 0.256 bits per heavy atom. The molecule has 0 aliphatic rings. The largest absolute Gasteiger partial charge is 0.462 e. The number of allylic oxidation sites excluding steroid dienone is 18. The predicted molar refractivity (Wildman–Crippen MR) is 357 cm³/mol. The van der Waals surface area contributed by atoms with Gasteiger partial charge in [-0.15, -0.1) is 0 Å². The number of carbonyl (C=O) groups excluding carboxylic acids is 3. The summed E-state index contributed by atoms with van der Waals surface area (Å²) in [4.78, 5) is 38.0. The van der Waals surface area contributed by atoms with Gasteiger partial charge in [0.1, 0.15) is 13.2 Å². The fourth-order valence-electron chi connectivity index (χ4n) is 9.82. The molecule has 0 fully saturated rings. The van der Waals surface area contributed by atoms with Crippen LogP contribution >= 0.6 is 0 Å². The molecule has 0 radical (unpaired) electrons. The summed E-state index contributed by atoms with van der Waals surface area (Å²) in [7, 11) is 0. The van der Waals surface area contributed by atoms with Gasteiger partial charge >= 0.3 is 17.9 Å². The molecule has 0 saturated heterocycles. The van der Waals surface area contributed by atoms with E-state index in [-0.39, 0.29) is 37.5 Å². The topological polar surface area (TPSA) is 78.9 Å². The van der Waals surface area contributed by atoms with Gasteiger partial charge in [0.2, 0.25) is 0 Å². The molecule has 0 aromatic rings. The number of ether oxygens (including phenoxy) is 3. The van der Waals surface area contributed by atoms with Gasteiger partial charge in [0.25, 0.3) is 0 Å². The third kappa shape index (κ3) is 66.9. The Labute approximate surface area is 508 Å². The van der Waals surface area contributed by atoms with E-state index in [0.29, 0.717) is 19.3 Å². The minimum Gasteiger partial charge on any atom is -0.462 e. The highest BCUT2D eigenvalue weighted by Crippen LogP contribution is 2.17. The maximum atomic E-state index is 12.8. The van der Waals surface area contributed by atoms with Crippen LogP contribution in [0.3, 0.4) is 0 Å². The lowest BCUT2D eigenvalue weighted by Gasteiger charge is -2.18. The molecule has 6 heteroatoms.